The van der Waals surface area contributed by atoms with Crippen molar-refractivity contribution in [2.24, 2.45) is 0 Å². The Balaban J connectivity index is 1.75. The van der Waals surface area contributed by atoms with Gasteiger partial charge in [0.25, 0.3) is 5.91 Å². The van der Waals surface area contributed by atoms with E-state index >= 15 is 0 Å². The van der Waals surface area contributed by atoms with Crippen LogP contribution in [0.5, 0.6) is 0 Å². The third-order valence-corrected chi connectivity index (χ3v) is 3.68. The molecule has 1 unspecified atom stereocenters. The number of aliphatic hydroxyl groups is 1. The maximum Gasteiger partial charge on any atom is 0.338 e. The molecule has 0 aliphatic carbocycles. The second-order valence-corrected chi connectivity index (χ2v) is 5.55. The largest absolute Gasteiger partial charge is 0.452 e. The summed E-state index contributed by atoms with van der Waals surface area (Å²) in [4.78, 5) is 23.6. The summed E-state index contributed by atoms with van der Waals surface area (Å²) in [7, 11) is 0. The summed E-state index contributed by atoms with van der Waals surface area (Å²) in [6.07, 6.45) is 0. The van der Waals surface area contributed by atoms with Crippen LogP contribution in [0.15, 0.2) is 54.6 Å². The van der Waals surface area contributed by atoms with E-state index in [-0.39, 0.29) is 25.0 Å². The summed E-state index contributed by atoms with van der Waals surface area (Å²) >= 11 is 0. The van der Waals surface area contributed by atoms with Crippen LogP contribution in [0, 0.1) is 0 Å². The lowest BCUT2D eigenvalue weighted by molar-refractivity contribution is -0.124. The van der Waals surface area contributed by atoms with Gasteiger partial charge in [0.15, 0.2) is 6.61 Å². The van der Waals surface area contributed by atoms with E-state index in [1.165, 1.54) is 0 Å². The number of nitrogens with one attached hydrogen (secondary N) is 1. The lowest BCUT2D eigenvalue weighted by atomic mass is 10.0. The fraction of sp³-hybridized carbons (Fsp3) is 0.263. The summed E-state index contributed by atoms with van der Waals surface area (Å²) in [6.45, 7) is 2.09. The number of carbonyl (C=O) groups is 2. The predicted octanol–water partition coefficient (Wildman–Crippen LogP) is 2.26. The van der Waals surface area contributed by atoms with E-state index in [0.29, 0.717) is 17.7 Å². The van der Waals surface area contributed by atoms with Crippen LogP contribution in [-0.4, -0.2) is 30.1 Å². The van der Waals surface area contributed by atoms with Crippen LogP contribution in [0.2, 0.25) is 0 Å². The smallest absolute Gasteiger partial charge is 0.338 e. The summed E-state index contributed by atoms with van der Waals surface area (Å²) in [5.41, 5.74) is 2.19. The Labute approximate surface area is 141 Å². The molecule has 126 valence electrons. The van der Waals surface area contributed by atoms with E-state index in [0.717, 1.165) is 5.56 Å². The first-order valence-corrected chi connectivity index (χ1v) is 7.78. The van der Waals surface area contributed by atoms with Crippen molar-refractivity contribution in [1.29, 1.82) is 0 Å². The van der Waals surface area contributed by atoms with Crippen LogP contribution in [0.25, 0.3) is 0 Å². The highest BCUT2D eigenvalue weighted by Crippen LogP contribution is 2.12. The Kier molecular flexibility index (Phi) is 6.51. The van der Waals surface area contributed by atoms with Crippen LogP contribution in [-0.2, 0) is 16.1 Å². The molecule has 2 aromatic carbocycles. The number of esters is 1. The normalized spacial score (nSPS) is 11.6. The van der Waals surface area contributed by atoms with Crippen molar-refractivity contribution in [3.05, 3.63) is 71.3 Å². The van der Waals surface area contributed by atoms with Crippen LogP contribution in [0.3, 0.4) is 0 Å². The fourth-order valence-electron chi connectivity index (χ4n) is 2.18. The van der Waals surface area contributed by atoms with Gasteiger partial charge in [-0.25, -0.2) is 4.79 Å². The number of hydrogen-bond acceptors (Lipinski definition) is 4. The zero-order valence-electron chi connectivity index (χ0n) is 13.6. The molecule has 0 aromatic heterocycles. The molecule has 1 atom stereocenters. The van der Waals surface area contributed by atoms with E-state index in [1.54, 1.807) is 24.3 Å². The van der Waals surface area contributed by atoms with E-state index in [9.17, 15) is 9.59 Å². The predicted molar refractivity (Wildman–Crippen MR) is 90.5 cm³/mol. The highest BCUT2D eigenvalue weighted by Gasteiger charge is 2.11. The zero-order valence-corrected chi connectivity index (χ0v) is 13.6. The first kappa shape index (κ1) is 17.7. The molecule has 0 spiro atoms. The van der Waals surface area contributed by atoms with Gasteiger partial charge in [0, 0.05) is 6.54 Å². The Morgan fingerprint density at radius 3 is 2.38 bits per heavy atom. The Hall–Kier alpha value is -2.66. The molecule has 1 amide bonds. The quantitative estimate of drug-likeness (QED) is 0.765. The molecule has 2 aromatic rings. The van der Waals surface area contributed by atoms with Crippen molar-refractivity contribution in [2.45, 2.75) is 19.4 Å². The van der Waals surface area contributed by atoms with Crippen molar-refractivity contribution in [1.82, 2.24) is 5.32 Å². The van der Waals surface area contributed by atoms with Gasteiger partial charge in [-0.2, -0.15) is 0 Å². The minimum Gasteiger partial charge on any atom is -0.452 e. The van der Waals surface area contributed by atoms with E-state index in [1.807, 2.05) is 37.3 Å². The van der Waals surface area contributed by atoms with Crippen LogP contribution in [0.4, 0.5) is 0 Å². The third kappa shape index (κ3) is 5.21. The topological polar surface area (TPSA) is 75.6 Å². The Morgan fingerprint density at radius 1 is 1.08 bits per heavy atom. The van der Waals surface area contributed by atoms with Gasteiger partial charge in [0.1, 0.15) is 0 Å². The standard InChI is InChI=1S/C19H21NO4/c1-14(16-5-3-2-4-6-16)11-20-18(22)13-24-19(23)17-9-7-15(12-21)8-10-17/h2-10,14,21H,11-13H2,1H3,(H,20,22). The van der Waals surface area contributed by atoms with Crippen molar-refractivity contribution in [3.63, 3.8) is 0 Å². The van der Waals surface area contributed by atoms with Crippen LogP contribution in [0.1, 0.15) is 34.3 Å². The number of hydrogen-bond donors (Lipinski definition) is 2. The number of rotatable bonds is 7. The highest BCUT2D eigenvalue weighted by molar-refractivity contribution is 5.91. The monoisotopic (exact) mass is 327 g/mol. The van der Waals surface area contributed by atoms with E-state index in [2.05, 4.69) is 5.32 Å². The summed E-state index contributed by atoms with van der Waals surface area (Å²) in [5.74, 6) is -0.722. The molecule has 0 saturated heterocycles. The summed E-state index contributed by atoms with van der Waals surface area (Å²) in [5, 5.41) is 11.7. The van der Waals surface area contributed by atoms with Crippen molar-refractivity contribution >= 4 is 11.9 Å². The maximum atomic E-state index is 11.8. The van der Waals surface area contributed by atoms with Crippen LogP contribution < -0.4 is 5.32 Å². The first-order valence-electron chi connectivity index (χ1n) is 7.78. The highest BCUT2D eigenvalue weighted by atomic mass is 16.5. The number of aliphatic hydroxyl groups excluding tert-OH is 1. The van der Waals surface area contributed by atoms with E-state index in [4.69, 9.17) is 9.84 Å². The lowest BCUT2D eigenvalue weighted by Crippen LogP contribution is -2.31. The second kappa shape index (κ2) is 8.84. The molecule has 0 aliphatic heterocycles. The maximum absolute atomic E-state index is 11.8. The summed E-state index contributed by atoms with van der Waals surface area (Å²) < 4.78 is 4.99. The van der Waals surface area contributed by atoms with Gasteiger partial charge < -0.3 is 15.2 Å². The van der Waals surface area contributed by atoms with Gasteiger partial charge in [0.2, 0.25) is 0 Å². The minimum absolute atomic E-state index is 0.0860. The fourth-order valence-corrected chi connectivity index (χ4v) is 2.18. The van der Waals surface area contributed by atoms with Gasteiger partial charge >= 0.3 is 5.97 Å². The zero-order chi connectivity index (χ0) is 17.4. The average molecular weight is 327 g/mol. The molecule has 24 heavy (non-hydrogen) atoms. The molecule has 2 rings (SSSR count). The molecular formula is C19H21NO4. The van der Waals surface area contributed by atoms with Gasteiger partial charge in [-0.15, -0.1) is 0 Å². The molecule has 0 aliphatic rings. The molecule has 5 nitrogen and oxygen atoms in total. The third-order valence-electron chi connectivity index (χ3n) is 3.68. The molecule has 2 N–H and O–H groups in total. The minimum atomic E-state index is -0.564. The molecular weight excluding hydrogens is 306 g/mol. The molecule has 0 heterocycles. The number of benzene rings is 2. The van der Waals surface area contributed by atoms with Crippen molar-refractivity contribution in [2.75, 3.05) is 13.2 Å². The van der Waals surface area contributed by atoms with Crippen LogP contribution >= 0.6 is 0 Å². The molecule has 0 fully saturated rings. The molecule has 0 radical (unpaired) electrons. The van der Waals surface area contributed by atoms with Gasteiger partial charge in [0.05, 0.1) is 12.2 Å². The lowest BCUT2D eigenvalue weighted by Gasteiger charge is -2.13. The van der Waals surface area contributed by atoms with Crippen molar-refractivity contribution in [3.8, 4) is 0 Å². The molecule has 0 saturated carbocycles. The molecule has 0 bridgehead atoms. The number of amides is 1. The van der Waals surface area contributed by atoms with E-state index < -0.39 is 5.97 Å². The van der Waals surface area contributed by atoms with Gasteiger partial charge in [-0.1, -0.05) is 49.4 Å². The SMILES string of the molecule is CC(CNC(=O)COC(=O)c1ccc(CO)cc1)c1ccccc1. The first-order chi connectivity index (χ1) is 11.6. The van der Waals surface area contributed by atoms with Gasteiger partial charge in [-0.05, 0) is 29.2 Å². The summed E-state index contributed by atoms with van der Waals surface area (Å²) in [6, 6.07) is 16.3. The molecule has 5 heteroatoms. The van der Waals surface area contributed by atoms with Crippen molar-refractivity contribution < 1.29 is 19.4 Å². The average Bonchev–Trinajstić information content (AvgIpc) is 2.64. The van der Waals surface area contributed by atoms with Gasteiger partial charge in [-0.3, -0.25) is 4.79 Å². The Bertz CT molecular complexity index is 668. The number of ether oxygens (including phenoxy) is 1. The number of carbonyl (C=O) groups excluding carboxylic acids is 2. The second-order valence-electron chi connectivity index (χ2n) is 5.55. The Morgan fingerprint density at radius 2 is 1.75 bits per heavy atom.